The highest BCUT2D eigenvalue weighted by Crippen LogP contribution is 2.47. The van der Waals surface area contributed by atoms with E-state index in [9.17, 15) is 4.79 Å². The number of thioether (sulfide) groups is 1. The van der Waals surface area contributed by atoms with Gasteiger partial charge in [-0.3, -0.25) is 9.69 Å². The quantitative estimate of drug-likeness (QED) is 0.665. The van der Waals surface area contributed by atoms with Crippen LogP contribution in [0.1, 0.15) is 36.4 Å². The molecule has 0 unspecified atom stereocenters. The van der Waals surface area contributed by atoms with Crippen LogP contribution < -0.4 is 9.47 Å². The van der Waals surface area contributed by atoms with Crippen molar-refractivity contribution in [2.75, 3.05) is 20.0 Å². The number of amidine groups is 1. The van der Waals surface area contributed by atoms with Gasteiger partial charge < -0.3 is 9.47 Å². The summed E-state index contributed by atoms with van der Waals surface area (Å²) >= 11 is 1.53. The molecule has 0 N–H and O–H groups in total. The van der Waals surface area contributed by atoms with E-state index in [1.807, 2.05) is 29.2 Å². The summed E-state index contributed by atoms with van der Waals surface area (Å²) in [6, 6.07) is 16.0. The number of fused-ring (bicyclic) bond motifs is 1. The van der Waals surface area contributed by atoms with Crippen LogP contribution in [0.15, 0.2) is 70.4 Å². The summed E-state index contributed by atoms with van der Waals surface area (Å²) in [5, 5.41) is 0.812. The van der Waals surface area contributed by atoms with E-state index >= 15 is 0 Å². The van der Waals surface area contributed by atoms with Crippen LogP contribution in [0.2, 0.25) is 0 Å². The van der Waals surface area contributed by atoms with Crippen LogP contribution in [0.3, 0.4) is 0 Å². The first-order valence-electron chi connectivity index (χ1n) is 10.4. The molecular weight excluding hydrogens is 408 g/mol. The molecule has 0 radical (unpaired) electrons. The first-order chi connectivity index (χ1) is 15.2. The van der Waals surface area contributed by atoms with Crippen LogP contribution in [-0.2, 0) is 4.79 Å². The first kappa shape index (κ1) is 19.9. The molecular formula is C25H24N2O3S. The lowest BCUT2D eigenvalue weighted by atomic mass is 9.83. The molecule has 0 aromatic heterocycles. The molecule has 2 aromatic rings. The van der Waals surface area contributed by atoms with Crippen molar-refractivity contribution < 1.29 is 14.3 Å². The molecule has 2 heterocycles. The number of rotatable bonds is 4. The molecule has 1 saturated heterocycles. The van der Waals surface area contributed by atoms with E-state index in [1.165, 1.54) is 22.9 Å². The molecule has 31 heavy (non-hydrogen) atoms. The van der Waals surface area contributed by atoms with Crippen molar-refractivity contribution in [3.8, 4) is 11.5 Å². The second-order valence-corrected chi connectivity index (χ2v) is 8.74. The van der Waals surface area contributed by atoms with Gasteiger partial charge in [-0.2, -0.15) is 0 Å². The number of benzene rings is 2. The van der Waals surface area contributed by atoms with E-state index in [-0.39, 0.29) is 11.9 Å². The van der Waals surface area contributed by atoms with E-state index in [0.29, 0.717) is 5.75 Å². The smallest absolute Gasteiger partial charge is 0.239 e. The minimum atomic E-state index is -0.101. The minimum absolute atomic E-state index is 0.101. The number of hydrogen-bond donors (Lipinski definition) is 0. The number of ether oxygens (including phenoxy) is 2. The van der Waals surface area contributed by atoms with Gasteiger partial charge >= 0.3 is 0 Å². The molecule has 1 aliphatic carbocycles. The average Bonchev–Trinajstić information content (AvgIpc) is 3.19. The van der Waals surface area contributed by atoms with Gasteiger partial charge in [-0.25, -0.2) is 4.99 Å². The molecule has 5 rings (SSSR count). The molecule has 1 atom stereocenters. The molecule has 1 fully saturated rings. The molecule has 6 heteroatoms. The lowest BCUT2D eigenvalue weighted by Crippen LogP contribution is -2.38. The predicted molar refractivity (Wildman–Crippen MR) is 124 cm³/mol. The van der Waals surface area contributed by atoms with Gasteiger partial charge in [0, 0.05) is 0 Å². The zero-order chi connectivity index (χ0) is 21.4. The number of nitrogens with zero attached hydrogens (tertiary/aromatic N) is 2. The topological polar surface area (TPSA) is 51.1 Å². The zero-order valence-corrected chi connectivity index (χ0v) is 18.4. The SMILES string of the molecule is COc1ccc(/C=C2\CCCC3=C2N=C2SCC(=O)N2[C@@H]3c2ccc(OC)cc2)cc1. The maximum absolute atomic E-state index is 12.8. The minimum Gasteiger partial charge on any atom is -0.497 e. The highest BCUT2D eigenvalue weighted by Gasteiger charge is 2.42. The van der Waals surface area contributed by atoms with Gasteiger partial charge in [-0.1, -0.05) is 36.0 Å². The molecule has 0 bridgehead atoms. The fourth-order valence-electron chi connectivity index (χ4n) is 4.46. The summed E-state index contributed by atoms with van der Waals surface area (Å²) < 4.78 is 10.6. The van der Waals surface area contributed by atoms with Crippen LogP contribution in [0.25, 0.3) is 6.08 Å². The average molecular weight is 433 g/mol. The van der Waals surface area contributed by atoms with Crippen LogP contribution in [0, 0.1) is 0 Å². The van der Waals surface area contributed by atoms with Crippen LogP contribution in [0.4, 0.5) is 0 Å². The Morgan fingerprint density at radius 3 is 2.35 bits per heavy atom. The Balaban J connectivity index is 1.60. The fourth-order valence-corrected chi connectivity index (χ4v) is 5.36. The Hall–Kier alpha value is -2.99. The van der Waals surface area contributed by atoms with Crippen molar-refractivity contribution >= 4 is 28.9 Å². The number of methoxy groups -OCH3 is 2. The number of carbonyl (C=O) groups is 1. The number of amides is 1. The summed E-state index contributed by atoms with van der Waals surface area (Å²) in [5.41, 5.74) is 5.75. The zero-order valence-electron chi connectivity index (χ0n) is 17.6. The summed E-state index contributed by atoms with van der Waals surface area (Å²) in [6.07, 6.45) is 5.19. The molecule has 2 aromatic carbocycles. The van der Waals surface area contributed by atoms with Crippen LogP contribution in [0.5, 0.6) is 11.5 Å². The maximum atomic E-state index is 12.8. The molecule has 5 nitrogen and oxygen atoms in total. The monoisotopic (exact) mass is 432 g/mol. The molecule has 0 spiro atoms. The summed E-state index contributed by atoms with van der Waals surface area (Å²) in [5.74, 6) is 2.24. The highest BCUT2D eigenvalue weighted by atomic mass is 32.2. The summed E-state index contributed by atoms with van der Waals surface area (Å²) in [4.78, 5) is 19.6. The van der Waals surface area contributed by atoms with Crippen LogP contribution in [-0.4, -0.2) is 35.9 Å². The van der Waals surface area contributed by atoms with Crippen molar-refractivity contribution in [1.29, 1.82) is 0 Å². The van der Waals surface area contributed by atoms with E-state index in [2.05, 4.69) is 30.3 Å². The Morgan fingerprint density at radius 2 is 1.68 bits per heavy atom. The lowest BCUT2D eigenvalue weighted by molar-refractivity contribution is -0.125. The normalized spacial score (nSPS) is 21.7. The number of carbonyl (C=O) groups excluding carboxylic acids is 1. The van der Waals surface area contributed by atoms with Crippen LogP contribution >= 0.6 is 11.8 Å². The number of aliphatic imine (C=N–C) groups is 1. The van der Waals surface area contributed by atoms with E-state index in [4.69, 9.17) is 14.5 Å². The standard InChI is InChI=1S/C25H24N2O3S/c1-29-19-10-6-16(7-11-19)14-18-4-3-5-21-23(18)26-25-27(22(28)15-31-25)24(21)17-8-12-20(30-2)13-9-17/h6-14,24H,3-5,15H2,1-2H3/b18-14+/t24-/m1/s1. The van der Waals surface area contributed by atoms with Crippen molar-refractivity contribution in [1.82, 2.24) is 4.90 Å². The van der Waals surface area contributed by atoms with E-state index in [0.717, 1.165) is 52.8 Å². The second kappa shape index (κ2) is 8.27. The Kier molecular flexibility index (Phi) is 5.32. The van der Waals surface area contributed by atoms with E-state index in [1.54, 1.807) is 14.2 Å². The van der Waals surface area contributed by atoms with Gasteiger partial charge in [-0.05, 0) is 71.9 Å². The summed E-state index contributed by atoms with van der Waals surface area (Å²) in [7, 11) is 3.34. The number of allylic oxidation sites excluding steroid dienone is 1. The third-order valence-electron chi connectivity index (χ3n) is 5.98. The Morgan fingerprint density at radius 1 is 1.00 bits per heavy atom. The lowest BCUT2D eigenvalue weighted by Gasteiger charge is -2.37. The van der Waals surface area contributed by atoms with Gasteiger partial charge in [0.25, 0.3) is 0 Å². The fraction of sp³-hybridized carbons (Fsp3) is 0.280. The molecule has 158 valence electrons. The Labute approximate surface area is 186 Å². The predicted octanol–water partition coefficient (Wildman–Crippen LogP) is 5.21. The van der Waals surface area contributed by atoms with Crippen molar-refractivity contribution in [2.24, 2.45) is 4.99 Å². The van der Waals surface area contributed by atoms with E-state index < -0.39 is 0 Å². The second-order valence-electron chi connectivity index (χ2n) is 7.79. The first-order valence-corrected chi connectivity index (χ1v) is 11.4. The molecule has 3 aliphatic rings. The largest absolute Gasteiger partial charge is 0.497 e. The van der Waals surface area contributed by atoms with Gasteiger partial charge in [0.1, 0.15) is 11.5 Å². The van der Waals surface area contributed by atoms with Gasteiger partial charge in [0.15, 0.2) is 5.17 Å². The molecule has 0 saturated carbocycles. The highest BCUT2D eigenvalue weighted by molar-refractivity contribution is 8.15. The van der Waals surface area contributed by atoms with Crippen molar-refractivity contribution in [3.05, 3.63) is 76.5 Å². The van der Waals surface area contributed by atoms with Gasteiger partial charge in [-0.15, -0.1) is 0 Å². The van der Waals surface area contributed by atoms with Gasteiger partial charge in [0.2, 0.25) is 5.91 Å². The van der Waals surface area contributed by atoms with Crippen molar-refractivity contribution in [3.63, 3.8) is 0 Å². The molecule has 2 aliphatic heterocycles. The third-order valence-corrected chi connectivity index (χ3v) is 6.92. The third kappa shape index (κ3) is 3.65. The number of hydrogen-bond acceptors (Lipinski definition) is 5. The van der Waals surface area contributed by atoms with Gasteiger partial charge in [0.05, 0.1) is 31.7 Å². The Bertz CT molecular complexity index is 1100. The molecule has 1 amide bonds. The maximum Gasteiger partial charge on any atom is 0.239 e. The summed E-state index contributed by atoms with van der Waals surface area (Å²) in [6.45, 7) is 0. The van der Waals surface area contributed by atoms with Crippen molar-refractivity contribution in [2.45, 2.75) is 25.3 Å².